The van der Waals surface area contributed by atoms with E-state index < -0.39 is 0 Å². The Balaban J connectivity index is 2.21. The summed E-state index contributed by atoms with van der Waals surface area (Å²) >= 11 is 0. The fourth-order valence-corrected chi connectivity index (χ4v) is 2.82. The van der Waals surface area contributed by atoms with Gasteiger partial charge in [0.2, 0.25) is 0 Å². The third-order valence-corrected chi connectivity index (χ3v) is 4.16. The van der Waals surface area contributed by atoms with E-state index in [0.29, 0.717) is 12.0 Å². The van der Waals surface area contributed by atoms with Gasteiger partial charge < -0.3 is 10.1 Å². The van der Waals surface area contributed by atoms with Crippen LogP contribution in [0, 0.1) is 13.8 Å². The third-order valence-electron chi connectivity index (χ3n) is 4.16. The SMILES string of the molecule is C=CCc1cc(C(=O)N[C@H](C)c2cc(C)ccc2C)ccc1OC. The van der Waals surface area contributed by atoms with Gasteiger partial charge in [-0.15, -0.1) is 6.58 Å². The summed E-state index contributed by atoms with van der Waals surface area (Å²) in [4.78, 5) is 12.6. The molecule has 126 valence electrons. The van der Waals surface area contributed by atoms with E-state index >= 15 is 0 Å². The molecule has 1 N–H and O–H groups in total. The molecule has 3 heteroatoms. The molecule has 2 aromatic rings. The molecule has 0 aliphatic rings. The summed E-state index contributed by atoms with van der Waals surface area (Å²) < 4.78 is 5.33. The van der Waals surface area contributed by atoms with Gasteiger partial charge in [0, 0.05) is 5.56 Å². The van der Waals surface area contributed by atoms with E-state index in [1.165, 1.54) is 11.1 Å². The average Bonchev–Trinajstić information content (AvgIpc) is 2.57. The first-order chi connectivity index (χ1) is 11.5. The van der Waals surface area contributed by atoms with Crippen molar-refractivity contribution in [1.82, 2.24) is 5.32 Å². The molecule has 0 saturated heterocycles. The minimum absolute atomic E-state index is 0.0534. The Morgan fingerprint density at radius 3 is 2.67 bits per heavy atom. The lowest BCUT2D eigenvalue weighted by Crippen LogP contribution is -2.27. The number of ether oxygens (including phenoxy) is 1. The summed E-state index contributed by atoms with van der Waals surface area (Å²) in [5.74, 6) is 0.686. The van der Waals surface area contributed by atoms with Crippen molar-refractivity contribution in [2.75, 3.05) is 7.11 Å². The Morgan fingerprint density at radius 1 is 1.25 bits per heavy atom. The Labute approximate surface area is 144 Å². The highest BCUT2D eigenvalue weighted by atomic mass is 16.5. The molecule has 0 aliphatic carbocycles. The van der Waals surface area contributed by atoms with Crippen molar-refractivity contribution < 1.29 is 9.53 Å². The zero-order valence-corrected chi connectivity index (χ0v) is 14.8. The van der Waals surface area contributed by atoms with Gasteiger partial charge in [-0.25, -0.2) is 0 Å². The highest BCUT2D eigenvalue weighted by molar-refractivity contribution is 5.94. The van der Waals surface area contributed by atoms with Crippen LogP contribution in [0.3, 0.4) is 0 Å². The molecule has 0 saturated carbocycles. The molecule has 0 aromatic heterocycles. The van der Waals surface area contributed by atoms with Crippen molar-refractivity contribution in [2.45, 2.75) is 33.2 Å². The highest BCUT2D eigenvalue weighted by Crippen LogP contribution is 2.22. The van der Waals surface area contributed by atoms with Gasteiger partial charge in [-0.3, -0.25) is 4.79 Å². The highest BCUT2D eigenvalue weighted by Gasteiger charge is 2.15. The number of aryl methyl sites for hydroxylation is 2. The predicted octanol–water partition coefficient (Wildman–Crippen LogP) is 4.53. The molecule has 0 bridgehead atoms. The first-order valence-electron chi connectivity index (χ1n) is 8.12. The number of nitrogens with one attached hydrogen (secondary N) is 1. The van der Waals surface area contributed by atoms with Gasteiger partial charge in [-0.05, 0) is 62.1 Å². The minimum atomic E-state index is -0.0867. The van der Waals surface area contributed by atoms with Gasteiger partial charge in [0.15, 0.2) is 0 Å². The van der Waals surface area contributed by atoms with E-state index in [9.17, 15) is 4.79 Å². The summed E-state index contributed by atoms with van der Waals surface area (Å²) in [5, 5.41) is 3.08. The van der Waals surface area contributed by atoms with Crippen LogP contribution in [0.5, 0.6) is 5.75 Å². The molecule has 1 amide bonds. The maximum absolute atomic E-state index is 12.6. The first kappa shape index (κ1) is 17.8. The number of methoxy groups -OCH3 is 1. The fourth-order valence-electron chi connectivity index (χ4n) is 2.82. The first-order valence-corrected chi connectivity index (χ1v) is 8.12. The smallest absolute Gasteiger partial charge is 0.251 e. The standard InChI is InChI=1S/C21H25NO2/c1-6-7-17-13-18(10-11-20(17)24-5)21(23)22-16(4)19-12-14(2)8-9-15(19)3/h6,8-13,16H,1,7H2,2-5H3,(H,22,23)/t16-/m1/s1. The number of carbonyl (C=O) groups is 1. The molecule has 0 unspecified atom stereocenters. The lowest BCUT2D eigenvalue weighted by molar-refractivity contribution is 0.0939. The lowest BCUT2D eigenvalue weighted by Gasteiger charge is -2.18. The number of benzene rings is 2. The molecule has 0 fully saturated rings. The number of hydrogen-bond donors (Lipinski definition) is 1. The number of hydrogen-bond acceptors (Lipinski definition) is 2. The largest absolute Gasteiger partial charge is 0.496 e. The molecule has 2 aromatic carbocycles. The molecule has 24 heavy (non-hydrogen) atoms. The van der Waals surface area contributed by atoms with E-state index in [-0.39, 0.29) is 11.9 Å². The van der Waals surface area contributed by atoms with Crippen molar-refractivity contribution in [2.24, 2.45) is 0 Å². The fraction of sp³-hybridized carbons (Fsp3) is 0.286. The molecule has 0 spiro atoms. The van der Waals surface area contributed by atoms with Crippen LogP contribution in [0.2, 0.25) is 0 Å². The van der Waals surface area contributed by atoms with Gasteiger partial charge >= 0.3 is 0 Å². The molecule has 1 atom stereocenters. The zero-order valence-electron chi connectivity index (χ0n) is 14.8. The van der Waals surface area contributed by atoms with Crippen molar-refractivity contribution in [3.05, 3.63) is 76.9 Å². The maximum Gasteiger partial charge on any atom is 0.251 e. The summed E-state index contributed by atoms with van der Waals surface area (Å²) in [5.41, 5.74) is 5.09. The molecule has 3 nitrogen and oxygen atoms in total. The van der Waals surface area contributed by atoms with Crippen molar-refractivity contribution >= 4 is 5.91 Å². The van der Waals surface area contributed by atoms with Gasteiger partial charge in [0.05, 0.1) is 13.2 Å². The lowest BCUT2D eigenvalue weighted by atomic mass is 9.99. The summed E-state index contributed by atoms with van der Waals surface area (Å²) in [7, 11) is 1.63. The molecule has 0 heterocycles. The van der Waals surface area contributed by atoms with Crippen LogP contribution in [0.15, 0.2) is 49.1 Å². The van der Waals surface area contributed by atoms with Gasteiger partial charge in [0.25, 0.3) is 5.91 Å². The number of rotatable bonds is 6. The Hall–Kier alpha value is -2.55. The van der Waals surface area contributed by atoms with Crippen molar-refractivity contribution in [3.8, 4) is 5.75 Å². The van der Waals surface area contributed by atoms with E-state index in [1.807, 2.05) is 19.1 Å². The summed E-state index contributed by atoms with van der Waals surface area (Å²) in [6, 6.07) is 11.7. The van der Waals surface area contributed by atoms with Crippen LogP contribution >= 0.6 is 0 Å². The maximum atomic E-state index is 12.6. The zero-order chi connectivity index (χ0) is 17.7. The molecular formula is C21H25NO2. The Bertz CT molecular complexity index is 749. The van der Waals surface area contributed by atoms with Gasteiger partial charge in [-0.1, -0.05) is 29.8 Å². The topological polar surface area (TPSA) is 38.3 Å². The van der Waals surface area contributed by atoms with Crippen molar-refractivity contribution in [3.63, 3.8) is 0 Å². The minimum Gasteiger partial charge on any atom is -0.496 e. The van der Waals surface area contributed by atoms with Crippen LogP contribution < -0.4 is 10.1 Å². The molecule has 0 radical (unpaired) electrons. The number of amides is 1. The third kappa shape index (κ3) is 4.05. The average molecular weight is 323 g/mol. The Morgan fingerprint density at radius 2 is 2.00 bits per heavy atom. The van der Waals surface area contributed by atoms with Gasteiger partial charge in [0.1, 0.15) is 5.75 Å². The second-order valence-corrected chi connectivity index (χ2v) is 6.07. The molecule has 2 rings (SSSR count). The Kier molecular flexibility index (Phi) is 5.80. The van der Waals surface area contributed by atoms with Crippen LogP contribution in [0.4, 0.5) is 0 Å². The van der Waals surface area contributed by atoms with Crippen LogP contribution in [0.1, 0.15) is 45.6 Å². The van der Waals surface area contributed by atoms with E-state index in [0.717, 1.165) is 16.9 Å². The van der Waals surface area contributed by atoms with Crippen LogP contribution in [-0.2, 0) is 6.42 Å². The summed E-state index contributed by atoms with van der Waals surface area (Å²) in [6.45, 7) is 9.88. The normalized spacial score (nSPS) is 11.7. The predicted molar refractivity (Wildman–Crippen MR) is 98.7 cm³/mol. The van der Waals surface area contributed by atoms with E-state index in [4.69, 9.17) is 4.74 Å². The van der Waals surface area contributed by atoms with Gasteiger partial charge in [-0.2, -0.15) is 0 Å². The van der Waals surface area contributed by atoms with E-state index in [2.05, 4.69) is 43.9 Å². The summed E-state index contributed by atoms with van der Waals surface area (Å²) in [6.07, 6.45) is 2.47. The number of allylic oxidation sites excluding steroid dienone is 1. The second kappa shape index (κ2) is 7.82. The molecule has 0 aliphatic heterocycles. The van der Waals surface area contributed by atoms with Crippen LogP contribution in [-0.4, -0.2) is 13.0 Å². The van der Waals surface area contributed by atoms with E-state index in [1.54, 1.807) is 19.3 Å². The monoisotopic (exact) mass is 323 g/mol. The second-order valence-electron chi connectivity index (χ2n) is 6.07. The van der Waals surface area contributed by atoms with Crippen molar-refractivity contribution in [1.29, 1.82) is 0 Å². The molecular weight excluding hydrogens is 298 g/mol. The quantitative estimate of drug-likeness (QED) is 0.793. The van der Waals surface area contributed by atoms with Crippen LogP contribution in [0.25, 0.3) is 0 Å². The number of carbonyl (C=O) groups excluding carboxylic acids is 1.